The van der Waals surface area contributed by atoms with Gasteiger partial charge in [-0.25, -0.2) is 8.42 Å². The minimum Gasteiger partial charge on any atom is -0.333 e. The van der Waals surface area contributed by atoms with Gasteiger partial charge >= 0.3 is 0 Å². The topological polar surface area (TPSA) is 66.5 Å². The highest BCUT2D eigenvalue weighted by atomic mass is 32.2. The number of rotatable bonds is 9. The van der Waals surface area contributed by atoms with Gasteiger partial charge in [0.05, 0.1) is 16.4 Å². The Kier molecular flexibility index (Phi) is 7.83. The number of fused-ring (bicyclic) bond motifs is 1. The molecule has 1 heterocycles. The van der Waals surface area contributed by atoms with Crippen LogP contribution >= 0.6 is 11.3 Å². The molecule has 3 rings (SSSR count). The third-order valence-corrected chi connectivity index (χ3v) is 10.2. The Labute approximate surface area is 216 Å². The molecule has 0 amide bonds. The van der Waals surface area contributed by atoms with E-state index in [1.54, 1.807) is 6.07 Å². The van der Waals surface area contributed by atoms with Crippen LogP contribution in [-0.2, 0) is 20.9 Å². The maximum absolute atomic E-state index is 12.6. The second-order valence-corrected chi connectivity index (χ2v) is 14.6. The highest BCUT2D eigenvalue weighted by Gasteiger charge is 2.41. The van der Waals surface area contributed by atoms with Crippen molar-refractivity contribution in [2.45, 2.75) is 92.4 Å². The first-order valence-corrected chi connectivity index (χ1v) is 15.1. The molecule has 5 nitrogen and oxygen atoms in total. The zero-order valence-corrected chi connectivity index (χ0v) is 24.5. The predicted octanol–water partition coefficient (Wildman–Crippen LogP) is 7.55. The van der Waals surface area contributed by atoms with Gasteiger partial charge in [-0.2, -0.15) is 0 Å². The fourth-order valence-electron chi connectivity index (χ4n) is 5.16. The molecule has 0 saturated heterocycles. The highest BCUT2D eigenvalue weighted by Crippen LogP contribution is 2.54. The molecule has 0 radical (unpaired) electrons. The summed E-state index contributed by atoms with van der Waals surface area (Å²) in [7, 11) is -3.53. The first-order valence-electron chi connectivity index (χ1n) is 12.7. The minimum atomic E-state index is -3.53. The number of carbonyl (C=O) groups is 1. The fourth-order valence-corrected chi connectivity index (χ4v) is 7.96. The smallest absolute Gasteiger partial charge is 0.232 e. The van der Waals surface area contributed by atoms with Crippen LogP contribution in [0.4, 0.5) is 16.4 Å². The van der Waals surface area contributed by atoms with E-state index in [9.17, 15) is 13.2 Å². The predicted molar refractivity (Wildman–Crippen MR) is 150 cm³/mol. The molecule has 2 aromatic rings. The first-order chi connectivity index (χ1) is 16.1. The van der Waals surface area contributed by atoms with Crippen molar-refractivity contribution in [1.82, 2.24) is 0 Å². The summed E-state index contributed by atoms with van der Waals surface area (Å²) in [6.45, 7) is 20.1. The van der Waals surface area contributed by atoms with Gasteiger partial charge < -0.3 is 4.90 Å². The number of nitrogens with one attached hydrogen (secondary N) is 1. The number of anilines is 3. The van der Waals surface area contributed by atoms with Gasteiger partial charge in [-0.3, -0.25) is 9.52 Å². The number of sulfonamides is 1. The maximum Gasteiger partial charge on any atom is 0.232 e. The molecule has 0 saturated carbocycles. The Morgan fingerprint density at radius 3 is 2.31 bits per heavy atom. The second kappa shape index (κ2) is 9.89. The molecule has 1 N–H and O–H groups in total. The second-order valence-electron chi connectivity index (χ2n) is 11.7. The molecule has 0 spiro atoms. The lowest BCUT2D eigenvalue weighted by atomic mass is 9.66. The quantitative estimate of drug-likeness (QED) is 0.348. The maximum atomic E-state index is 12.6. The Morgan fingerprint density at radius 1 is 1.14 bits per heavy atom. The van der Waals surface area contributed by atoms with Crippen molar-refractivity contribution >= 4 is 43.5 Å². The zero-order valence-electron chi connectivity index (χ0n) is 22.8. The van der Waals surface area contributed by atoms with E-state index in [4.69, 9.17) is 0 Å². The summed E-state index contributed by atoms with van der Waals surface area (Å²) >= 11 is 1.87. The van der Waals surface area contributed by atoms with E-state index < -0.39 is 10.0 Å². The van der Waals surface area contributed by atoms with E-state index >= 15 is 0 Å². The van der Waals surface area contributed by atoms with Crippen LogP contribution in [0.5, 0.6) is 0 Å². The van der Waals surface area contributed by atoms with Gasteiger partial charge in [-0.05, 0) is 79.2 Å². The molecular formula is C28H42N2O3S2. The van der Waals surface area contributed by atoms with Crippen molar-refractivity contribution < 1.29 is 13.2 Å². The van der Waals surface area contributed by atoms with Gasteiger partial charge in [-0.1, -0.05) is 48.5 Å². The van der Waals surface area contributed by atoms with Crippen molar-refractivity contribution in [3.8, 4) is 0 Å². The van der Waals surface area contributed by atoms with Crippen molar-refractivity contribution in [3.05, 3.63) is 39.8 Å². The number of ketones is 1. The summed E-state index contributed by atoms with van der Waals surface area (Å²) in [5, 5.41) is 1.21. The summed E-state index contributed by atoms with van der Waals surface area (Å²) in [6.07, 6.45) is 2.83. The third-order valence-electron chi connectivity index (χ3n) is 7.01. The van der Waals surface area contributed by atoms with Crippen LogP contribution in [0.15, 0.2) is 18.2 Å². The monoisotopic (exact) mass is 518 g/mol. The summed E-state index contributed by atoms with van der Waals surface area (Å²) in [4.78, 5) is 16.1. The van der Waals surface area contributed by atoms with Crippen molar-refractivity contribution in [2.24, 2.45) is 5.92 Å². The van der Waals surface area contributed by atoms with Gasteiger partial charge in [0.2, 0.25) is 10.0 Å². The fraction of sp³-hybridized carbons (Fsp3) is 0.607. The molecule has 1 aliphatic carbocycles. The zero-order chi connectivity index (χ0) is 26.3. The molecule has 0 fully saturated rings. The van der Waals surface area contributed by atoms with Gasteiger partial charge in [0.1, 0.15) is 0 Å². The normalized spacial score (nSPS) is 16.7. The molecule has 1 aromatic heterocycles. The standard InChI is InChI=1S/C28H42N2O3S2/c1-10-15-35(32,33)29-23-16-21(11-12-22(23)20(5)31)30(17-18(2)3)26-19(4)24-25(34-26)28(8,9)14-13-27(24,6)7/h11-12,16,18,29H,10,13-15,17H2,1-9H3. The number of benzene rings is 1. The molecule has 35 heavy (non-hydrogen) atoms. The first kappa shape index (κ1) is 27.7. The van der Waals surface area contributed by atoms with Crippen molar-refractivity contribution in [1.29, 1.82) is 0 Å². The molecule has 1 aliphatic rings. The lowest BCUT2D eigenvalue weighted by Crippen LogP contribution is -2.32. The molecular weight excluding hydrogens is 476 g/mol. The van der Waals surface area contributed by atoms with Crippen LogP contribution in [0.1, 0.15) is 101 Å². The average molecular weight is 519 g/mol. The molecule has 0 aliphatic heterocycles. The molecule has 0 bridgehead atoms. The Bertz CT molecular complexity index is 1210. The summed E-state index contributed by atoms with van der Waals surface area (Å²) in [5.74, 6) is 0.250. The van der Waals surface area contributed by atoms with Gasteiger partial charge in [0.15, 0.2) is 5.78 Å². The van der Waals surface area contributed by atoms with Crippen LogP contribution in [-0.4, -0.2) is 26.5 Å². The van der Waals surface area contributed by atoms with Gasteiger partial charge in [0.25, 0.3) is 0 Å². The third kappa shape index (κ3) is 5.77. The van der Waals surface area contributed by atoms with E-state index in [1.165, 1.54) is 27.9 Å². The van der Waals surface area contributed by atoms with Crippen molar-refractivity contribution in [2.75, 3.05) is 21.9 Å². The molecule has 194 valence electrons. The average Bonchev–Trinajstić information content (AvgIpc) is 3.08. The van der Waals surface area contributed by atoms with Crippen molar-refractivity contribution in [3.63, 3.8) is 0 Å². The number of hydrogen-bond acceptors (Lipinski definition) is 5. The van der Waals surface area contributed by atoms with E-state index in [0.717, 1.165) is 25.1 Å². The molecule has 0 atom stereocenters. The number of carbonyl (C=O) groups excluding carboxylic acids is 1. The number of Topliss-reactive ketones (excluding diaryl/α,β-unsaturated/α-hetero) is 1. The van der Waals surface area contributed by atoms with Crippen LogP contribution < -0.4 is 9.62 Å². The van der Waals surface area contributed by atoms with Crippen LogP contribution in [0, 0.1) is 12.8 Å². The van der Waals surface area contributed by atoms with E-state index in [1.807, 2.05) is 30.4 Å². The Balaban J connectivity index is 2.20. The number of nitrogens with zero attached hydrogens (tertiary/aromatic N) is 1. The lowest BCUT2D eigenvalue weighted by Gasteiger charge is -2.39. The largest absolute Gasteiger partial charge is 0.333 e. The Morgan fingerprint density at radius 2 is 1.77 bits per heavy atom. The molecule has 1 aromatic carbocycles. The van der Waals surface area contributed by atoms with Crippen LogP contribution in [0.25, 0.3) is 0 Å². The van der Waals surface area contributed by atoms with E-state index in [-0.39, 0.29) is 22.4 Å². The van der Waals surface area contributed by atoms with Crippen LogP contribution in [0.3, 0.4) is 0 Å². The summed E-state index contributed by atoms with van der Waals surface area (Å²) < 4.78 is 27.9. The lowest BCUT2D eigenvalue weighted by molar-refractivity contribution is 0.101. The summed E-state index contributed by atoms with van der Waals surface area (Å²) in [5.41, 5.74) is 4.67. The highest BCUT2D eigenvalue weighted by molar-refractivity contribution is 7.92. The van der Waals surface area contributed by atoms with E-state index in [2.05, 4.69) is 58.1 Å². The number of thiophene rings is 1. The minimum absolute atomic E-state index is 0.0190. The van der Waals surface area contributed by atoms with Gasteiger partial charge in [-0.15, -0.1) is 11.3 Å². The number of hydrogen-bond donors (Lipinski definition) is 1. The SMILES string of the molecule is CCCS(=O)(=O)Nc1cc(N(CC(C)C)c2sc3c(c2C)C(C)(C)CCC3(C)C)ccc1C(C)=O. The molecule has 7 heteroatoms. The Hall–Kier alpha value is -1.86. The summed E-state index contributed by atoms with van der Waals surface area (Å²) in [6, 6.07) is 5.54. The van der Waals surface area contributed by atoms with E-state index in [0.29, 0.717) is 23.6 Å². The van der Waals surface area contributed by atoms with Gasteiger partial charge in [0, 0.05) is 22.7 Å². The molecule has 0 unspecified atom stereocenters. The van der Waals surface area contributed by atoms with Crippen LogP contribution in [0.2, 0.25) is 0 Å².